The van der Waals surface area contributed by atoms with E-state index in [1.165, 1.54) is 24.3 Å². The summed E-state index contributed by atoms with van der Waals surface area (Å²) >= 11 is 8.19. The molecule has 0 fully saturated rings. The number of aromatic nitrogens is 3. The van der Waals surface area contributed by atoms with Gasteiger partial charge in [0.2, 0.25) is 0 Å². The first-order valence-electron chi connectivity index (χ1n) is 5.54. The number of halogens is 6. The zero-order valence-electron chi connectivity index (χ0n) is 10.6. The lowest BCUT2D eigenvalue weighted by atomic mass is 10.3. The van der Waals surface area contributed by atoms with Crippen molar-refractivity contribution in [3.05, 3.63) is 51.3 Å². The molecule has 0 spiro atoms. The average molecular weight is 410 g/mol. The van der Waals surface area contributed by atoms with Crippen molar-refractivity contribution in [2.45, 2.75) is 9.43 Å². The number of alkyl halides is 6. The monoisotopic (exact) mass is 409 g/mol. The molecule has 0 bridgehead atoms. The average Bonchev–Trinajstić information content (AvgIpc) is 2.61. The van der Waals surface area contributed by atoms with Crippen molar-refractivity contribution in [2.24, 2.45) is 0 Å². The van der Waals surface area contributed by atoms with E-state index in [4.69, 9.17) is 23.2 Å². The lowest BCUT2D eigenvalue weighted by Gasteiger charge is -2.11. The molecule has 1 aromatic carbocycles. The fraction of sp³-hybridized carbons (Fsp3) is 0.200. The van der Waals surface area contributed by atoms with Gasteiger partial charge in [-0.2, -0.15) is 25.7 Å². The van der Waals surface area contributed by atoms with Crippen LogP contribution < -0.4 is 11.4 Å². The minimum absolute atomic E-state index is 0.00646. The molecule has 0 N–H and O–H groups in total. The molecular weight excluding hydrogens is 405 g/mol. The van der Waals surface area contributed by atoms with Gasteiger partial charge in [-0.1, -0.05) is 18.2 Å². The smallest absolute Gasteiger partial charge is 0.244 e. The maximum atomic E-state index is 13.0. The Labute approximate surface area is 144 Å². The highest BCUT2D eigenvalue weighted by Crippen LogP contribution is 2.37. The molecular formula is C10H5Cl2F4N3O2S2. The van der Waals surface area contributed by atoms with Crippen LogP contribution in [0.3, 0.4) is 0 Å². The van der Waals surface area contributed by atoms with Crippen molar-refractivity contribution < 1.29 is 17.6 Å². The lowest BCUT2D eigenvalue weighted by molar-refractivity contribution is 0.199. The third-order valence-corrected chi connectivity index (χ3v) is 4.19. The Morgan fingerprint density at radius 2 is 1.22 bits per heavy atom. The van der Waals surface area contributed by atoms with Gasteiger partial charge < -0.3 is 0 Å². The summed E-state index contributed by atoms with van der Waals surface area (Å²) in [4.78, 5) is 24.3. The Kier molecular flexibility index (Phi) is 5.14. The zero-order valence-corrected chi connectivity index (χ0v) is 13.8. The number of hydrogen-bond acceptors (Lipinski definition) is 4. The summed E-state index contributed by atoms with van der Waals surface area (Å²) in [5.41, 5.74) is -2.58. The summed E-state index contributed by atoms with van der Waals surface area (Å²) in [6, 6.07) is 7.16. The zero-order chi connectivity index (χ0) is 17.4. The summed E-state index contributed by atoms with van der Waals surface area (Å²) in [6.45, 7) is 0. The highest BCUT2D eigenvalue weighted by molar-refractivity contribution is 8.02. The van der Waals surface area contributed by atoms with Crippen LogP contribution in [0.1, 0.15) is 0 Å². The predicted octanol–water partition coefficient (Wildman–Crippen LogP) is 3.37. The molecule has 126 valence electrons. The van der Waals surface area contributed by atoms with Gasteiger partial charge in [0, 0.05) is 0 Å². The van der Waals surface area contributed by atoms with Gasteiger partial charge in [-0.15, -0.1) is 0 Å². The van der Waals surface area contributed by atoms with Crippen molar-refractivity contribution in [3.63, 3.8) is 0 Å². The molecule has 13 heteroatoms. The van der Waals surface area contributed by atoms with E-state index in [1.54, 1.807) is 6.07 Å². The number of hydrogen-bond donors (Lipinski definition) is 0. The van der Waals surface area contributed by atoms with E-state index in [0.717, 1.165) is 0 Å². The molecule has 0 saturated heterocycles. The van der Waals surface area contributed by atoms with Crippen LogP contribution in [0.15, 0.2) is 39.9 Å². The fourth-order valence-electron chi connectivity index (χ4n) is 1.55. The number of nitrogens with zero attached hydrogens (tertiary/aromatic N) is 3. The summed E-state index contributed by atoms with van der Waals surface area (Å²) in [5, 5.41) is 0. The van der Waals surface area contributed by atoms with Gasteiger partial charge in [0.05, 0.1) is 29.6 Å². The Balaban J connectivity index is 2.70. The second-order valence-electron chi connectivity index (χ2n) is 3.86. The molecule has 0 aliphatic rings. The molecule has 0 radical (unpaired) electrons. The maximum absolute atomic E-state index is 13.0. The van der Waals surface area contributed by atoms with E-state index in [0.29, 0.717) is 4.57 Å². The van der Waals surface area contributed by atoms with E-state index in [2.05, 4.69) is 0 Å². The molecule has 0 aliphatic carbocycles. The maximum Gasteiger partial charge on any atom is 0.391 e. The third kappa shape index (κ3) is 4.49. The number of benzene rings is 1. The lowest BCUT2D eigenvalue weighted by Crippen LogP contribution is -2.26. The molecule has 0 atom stereocenters. The van der Waals surface area contributed by atoms with Gasteiger partial charge in [0.15, 0.2) is 0 Å². The van der Waals surface area contributed by atoms with E-state index in [9.17, 15) is 27.2 Å². The van der Waals surface area contributed by atoms with Gasteiger partial charge in [-0.25, -0.2) is 14.2 Å². The molecule has 2 aromatic rings. The number of para-hydroxylation sites is 1. The van der Waals surface area contributed by atoms with Crippen LogP contribution in [0, 0.1) is 0 Å². The normalized spacial score (nSPS) is 12.6. The number of rotatable bonds is 5. The quantitative estimate of drug-likeness (QED) is 0.561. The van der Waals surface area contributed by atoms with Crippen LogP contribution in [-0.2, 0) is 0 Å². The SMILES string of the molecule is O=c1n(-c2ccccc2)c(=O)n(SC(F)(F)Cl)n1SC(F)(F)Cl. The largest absolute Gasteiger partial charge is 0.391 e. The fourth-order valence-corrected chi connectivity index (χ4v) is 3.15. The highest BCUT2D eigenvalue weighted by atomic mass is 35.5. The Morgan fingerprint density at radius 1 is 0.826 bits per heavy atom. The molecule has 0 unspecified atom stereocenters. The van der Waals surface area contributed by atoms with Crippen LogP contribution in [0.2, 0.25) is 0 Å². The van der Waals surface area contributed by atoms with Crippen LogP contribution >= 0.6 is 47.1 Å². The minimum Gasteiger partial charge on any atom is -0.244 e. The van der Waals surface area contributed by atoms with Crippen molar-refractivity contribution >= 4 is 47.1 Å². The Bertz CT molecular complexity index is 763. The molecule has 0 amide bonds. The first-order valence-corrected chi connectivity index (χ1v) is 7.85. The molecule has 1 heterocycles. The van der Waals surface area contributed by atoms with Crippen LogP contribution in [0.4, 0.5) is 17.6 Å². The minimum atomic E-state index is -4.01. The standard InChI is InChI=1S/C10H5Cl2F4N3O2S2/c11-9(13,14)22-18-7(20)17(6-4-2-1-3-5-6)8(21)19(18)23-10(12,15)16/h1-5H. The van der Waals surface area contributed by atoms with Crippen molar-refractivity contribution in [3.8, 4) is 5.69 Å². The second kappa shape index (κ2) is 6.46. The summed E-state index contributed by atoms with van der Waals surface area (Å²) in [5.74, 6) is 0. The van der Waals surface area contributed by atoms with Gasteiger partial charge >= 0.3 is 20.8 Å². The Morgan fingerprint density at radius 3 is 1.57 bits per heavy atom. The van der Waals surface area contributed by atoms with E-state index in [1.807, 2.05) is 0 Å². The Hall–Kier alpha value is -1.04. The highest BCUT2D eigenvalue weighted by Gasteiger charge is 2.36. The molecule has 23 heavy (non-hydrogen) atoms. The molecule has 0 aliphatic heterocycles. The topological polar surface area (TPSA) is 48.9 Å². The summed E-state index contributed by atoms with van der Waals surface area (Å²) in [7, 11) is 0. The van der Waals surface area contributed by atoms with Crippen molar-refractivity contribution in [2.75, 3.05) is 0 Å². The van der Waals surface area contributed by atoms with Gasteiger partial charge in [-0.3, -0.25) is 0 Å². The second-order valence-corrected chi connectivity index (χ2v) is 7.34. The van der Waals surface area contributed by atoms with E-state index in [-0.39, 0.29) is 13.9 Å². The molecule has 0 saturated carbocycles. The first kappa shape index (κ1) is 18.3. The van der Waals surface area contributed by atoms with Crippen molar-refractivity contribution in [1.29, 1.82) is 0 Å². The van der Waals surface area contributed by atoms with Gasteiger partial charge in [0.1, 0.15) is 0 Å². The van der Waals surface area contributed by atoms with Crippen LogP contribution in [-0.4, -0.2) is 22.2 Å². The summed E-state index contributed by atoms with van der Waals surface area (Å²) < 4.78 is 44.3. The molecule has 2 rings (SSSR count). The first-order chi connectivity index (χ1) is 10.5. The van der Waals surface area contributed by atoms with E-state index < -0.39 is 44.7 Å². The third-order valence-electron chi connectivity index (χ3n) is 2.27. The van der Waals surface area contributed by atoms with Gasteiger partial charge in [-0.05, 0) is 35.3 Å². The van der Waals surface area contributed by atoms with Crippen molar-refractivity contribution in [1.82, 2.24) is 12.7 Å². The summed E-state index contributed by atoms with van der Waals surface area (Å²) in [6.07, 6.45) is 0. The van der Waals surface area contributed by atoms with Crippen LogP contribution in [0.25, 0.3) is 5.69 Å². The van der Waals surface area contributed by atoms with Crippen LogP contribution in [0.5, 0.6) is 0 Å². The van der Waals surface area contributed by atoms with E-state index >= 15 is 0 Å². The van der Waals surface area contributed by atoms with Gasteiger partial charge in [0.25, 0.3) is 0 Å². The molecule has 1 aromatic heterocycles. The molecule has 5 nitrogen and oxygen atoms in total. The predicted molar refractivity (Wildman–Crippen MR) is 81.9 cm³/mol.